The van der Waals surface area contributed by atoms with Crippen LogP contribution in [0.4, 0.5) is 0 Å². The number of hydrogen-bond acceptors (Lipinski definition) is 3. The first kappa shape index (κ1) is 23.5. The van der Waals surface area contributed by atoms with Crippen molar-refractivity contribution in [3.8, 4) is 11.5 Å². The second-order valence-electron chi connectivity index (χ2n) is 6.70. The Balaban J connectivity index is 0.000000921. The number of phenols is 2. The summed E-state index contributed by atoms with van der Waals surface area (Å²) in [7, 11) is 0. The number of benzene rings is 2. The van der Waals surface area contributed by atoms with E-state index < -0.39 is 0 Å². The molecule has 28 heavy (non-hydrogen) atoms. The minimum absolute atomic E-state index is 0.0244. The van der Waals surface area contributed by atoms with Crippen molar-refractivity contribution in [1.29, 1.82) is 0 Å². The maximum Gasteiger partial charge on any atom is 0.258 e. The van der Waals surface area contributed by atoms with Gasteiger partial charge in [-0.05, 0) is 40.7 Å². The van der Waals surface area contributed by atoms with Crippen LogP contribution in [0, 0.1) is 0 Å². The molecule has 0 saturated heterocycles. The molecule has 1 heterocycles. The summed E-state index contributed by atoms with van der Waals surface area (Å²) in [5.74, 6) is -0.285. The van der Waals surface area contributed by atoms with Crippen molar-refractivity contribution >= 4 is 5.91 Å². The number of fused-ring (bicyclic) bond motifs is 1. The first-order valence-corrected chi connectivity index (χ1v) is 10.4. The minimum atomic E-state index is -0.205. The third-order valence-corrected chi connectivity index (χ3v) is 4.69. The molecular formula is C24H35NO3. The molecule has 0 radical (unpaired) electrons. The van der Waals surface area contributed by atoms with Gasteiger partial charge < -0.3 is 15.1 Å². The zero-order chi connectivity index (χ0) is 21.4. The highest BCUT2D eigenvalue weighted by atomic mass is 16.3. The maximum atomic E-state index is 12.9. The van der Waals surface area contributed by atoms with Gasteiger partial charge in [0.25, 0.3) is 5.91 Å². The van der Waals surface area contributed by atoms with Crippen molar-refractivity contribution < 1.29 is 15.0 Å². The Bertz CT molecular complexity index is 797. The normalized spacial score (nSPS) is 11.9. The molecule has 0 aliphatic carbocycles. The van der Waals surface area contributed by atoms with Crippen LogP contribution in [0.1, 0.15) is 87.0 Å². The molecule has 0 atom stereocenters. The highest BCUT2D eigenvalue weighted by molar-refractivity contribution is 5.97. The van der Waals surface area contributed by atoms with Crippen LogP contribution < -0.4 is 0 Å². The first-order chi connectivity index (χ1) is 13.4. The number of nitrogens with zero attached hydrogens (tertiary/aromatic N) is 1. The van der Waals surface area contributed by atoms with Gasteiger partial charge in [0.1, 0.15) is 11.5 Å². The van der Waals surface area contributed by atoms with Crippen molar-refractivity contribution in [2.24, 2.45) is 0 Å². The van der Waals surface area contributed by atoms with Crippen LogP contribution in [0.2, 0.25) is 0 Å². The molecule has 2 N–H and O–H groups in total. The smallest absolute Gasteiger partial charge is 0.258 e. The summed E-state index contributed by atoms with van der Waals surface area (Å²) in [5.41, 5.74) is 4.51. The fourth-order valence-corrected chi connectivity index (χ4v) is 3.21. The molecule has 0 spiro atoms. The van der Waals surface area contributed by atoms with E-state index in [9.17, 15) is 15.0 Å². The third kappa shape index (κ3) is 5.06. The lowest BCUT2D eigenvalue weighted by Gasteiger charge is -2.18. The van der Waals surface area contributed by atoms with E-state index >= 15 is 0 Å². The molecule has 154 valence electrons. The molecule has 1 aliphatic heterocycles. The minimum Gasteiger partial charge on any atom is -0.508 e. The molecule has 0 saturated carbocycles. The first-order valence-electron chi connectivity index (χ1n) is 10.4. The predicted molar refractivity (Wildman–Crippen MR) is 116 cm³/mol. The van der Waals surface area contributed by atoms with E-state index in [-0.39, 0.29) is 28.9 Å². The SMILES string of the molecule is CC.CC.CCc1ccc2c(c1)CN(C(=O)c1cc(C(C)C)c(O)cc1O)C2. The van der Waals surface area contributed by atoms with Gasteiger partial charge in [0.05, 0.1) is 5.56 Å². The van der Waals surface area contributed by atoms with Crippen LogP contribution in [0.25, 0.3) is 0 Å². The number of phenolic OH excluding ortho intramolecular Hbond substituents is 2. The lowest BCUT2D eigenvalue weighted by atomic mass is 9.98. The Labute approximate surface area is 169 Å². The highest BCUT2D eigenvalue weighted by Crippen LogP contribution is 2.34. The van der Waals surface area contributed by atoms with Crippen LogP contribution in [0.3, 0.4) is 0 Å². The van der Waals surface area contributed by atoms with Gasteiger partial charge >= 0.3 is 0 Å². The molecule has 1 aliphatic rings. The topological polar surface area (TPSA) is 60.8 Å². The number of amides is 1. The van der Waals surface area contributed by atoms with Crippen molar-refractivity contribution in [2.75, 3.05) is 0 Å². The molecule has 0 bridgehead atoms. The molecule has 0 aromatic heterocycles. The monoisotopic (exact) mass is 385 g/mol. The van der Waals surface area contributed by atoms with Crippen molar-refractivity contribution in [1.82, 2.24) is 4.90 Å². The molecule has 1 amide bonds. The second-order valence-corrected chi connectivity index (χ2v) is 6.70. The number of hydrogen-bond donors (Lipinski definition) is 2. The van der Waals surface area contributed by atoms with Gasteiger partial charge in [-0.1, -0.05) is 66.7 Å². The summed E-state index contributed by atoms with van der Waals surface area (Å²) in [6.45, 7) is 15.1. The number of aromatic hydroxyl groups is 2. The van der Waals surface area contributed by atoms with Crippen molar-refractivity contribution in [3.05, 3.63) is 58.1 Å². The average Bonchev–Trinajstić information content (AvgIpc) is 3.13. The lowest BCUT2D eigenvalue weighted by molar-refractivity contribution is 0.0748. The van der Waals surface area contributed by atoms with E-state index in [1.165, 1.54) is 17.2 Å². The van der Waals surface area contributed by atoms with E-state index in [2.05, 4.69) is 25.1 Å². The van der Waals surface area contributed by atoms with Crippen LogP contribution in [-0.2, 0) is 19.5 Å². The fraction of sp³-hybridized carbons (Fsp3) is 0.458. The Morgan fingerprint density at radius 1 is 0.964 bits per heavy atom. The van der Waals surface area contributed by atoms with Crippen LogP contribution in [-0.4, -0.2) is 21.0 Å². The van der Waals surface area contributed by atoms with Crippen LogP contribution in [0.15, 0.2) is 30.3 Å². The number of carbonyl (C=O) groups is 1. The molecule has 4 nitrogen and oxygen atoms in total. The summed E-state index contributed by atoms with van der Waals surface area (Å²) in [4.78, 5) is 14.6. The van der Waals surface area contributed by atoms with Crippen molar-refractivity contribution in [3.63, 3.8) is 0 Å². The van der Waals surface area contributed by atoms with Gasteiger partial charge in [-0.15, -0.1) is 0 Å². The van der Waals surface area contributed by atoms with Gasteiger partial charge in [0.2, 0.25) is 0 Å². The number of carbonyl (C=O) groups excluding carboxylic acids is 1. The molecule has 4 heteroatoms. The molecule has 2 aromatic rings. The molecule has 0 fully saturated rings. The van der Waals surface area contributed by atoms with E-state index in [1.807, 2.05) is 41.5 Å². The van der Waals surface area contributed by atoms with Gasteiger partial charge in [-0.25, -0.2) is 0 Å². The van der Waals surface area contributed by atoms with E-state index in [1.54, 1.807) is 11.0 Å². The molecule has 0 unspecified atom stereocenters. The van der Waals surface area contributed by atoms with Crippen LogP contribution in [0.5, 0.6) is 11.5 Å². The van der Waals surface area contributed by atoms with Gasteiger partial charge in [-0.3, -0.25) is 4.79 Å². The summed E-state index contributed by atoms with van der Waals surface area (Å²) in [6.07, 6.45) is 0.970. The summed E-state index contributed by atoms with van der Waals surface area (Å²) >= 11 is 0. The number of aryl methyl sites for hydroxylation is 1. The van der Waals surface area contributed by atoms with E-state index in [0.29, 0.717) is 18.7 Å². The zero-order valence-electron chi connectivity index (χ0n) is 18.3. The van der Waals surface area contributed by atoms with Gasteiger partial charge in [0.15, 0.2) is 0 Å². The quantitative estimate of drug-likeness (QED) is 0.682. The molecular weight excluding hydrogens is 350 g/mol. The Morgan fingerprint density at radius 2 is 1.57 bits per heavy atom. The van der Waals surface area contributed by atoms with E-state index in [4.69, 9.17) is 0 Å². The Morgan fingerprint density at radius 3 is 2.14 bits per heavy atom. The molecule has 3 rings (SSSR count). The standard InChI is InChI=1S/C20H23NO3.2C2H6/c1-4-13-5-6-14-10-21(11-15(14)7-13)20(24)17-8-16(12(2)3)18(22)9-19(17)23;2*1-2/h5-9,12,22-23H,4,10-11H2,1-3H3;2*1-2H3. The predicted octanol–water partition coefficient (Wildman–Crippen LogP) is 5.99. The van der Waals surface area contributed by atoms with E-state index in [0.717, 1.165) is 12.0 Å². The maximum absolute atomic E-state index is 12.9. The summed E-state index contributed by atoms with van der Waals surface area (Å²) in [5, 5.41) is 20.1. The van der Waals surface area contributed by atoms with Crippen LogP contribution >= 0.6 is 0 Å². The molecule has 2 aromatic carbocycles. The Kier molecular flexibility index (Phi) is 9.04. The highest BCUT2D eigenvalue weighted by Gasteiger charge is 2.27. The van der Waals surface area contributed by atoms with Crippen molar-refractivity contribution in [2.45, 2.75) is 73.9 Å². The third-order valence-electron chi connectivity index (χ3n) is 4.69. The Hall–Kier alpha value is -2.49. The summed E-state index contributed by atoms with van der Waals surface area (Å²) in [6, 6.07) is 9.21. The number of rotatable bonds is 3. The average molecular weight is 386 g/mol. The second kappa shape index (κ2) is 10.7. The van der Waals surface area contributed by atoms with Gasteiger partial charge in [-0.2, -0.15) is 0 Å². The van der Waals surface area contributed by atoms with Gasteiger partial charge in [0, 0.05) is 19.2 Å². The fourth-order valence-electron chi connectivity index (χ4n) is 3.21. The summed E-state index contributed by atoms with van der Waals surface area (Å²) < 4.78 is 0. The zero-order valence-corrected chi connectivity index (χ0v) is 18.3. The lowest BCUT2D eigenvalue weighted by Crippen LogP contribution is -2.25. The largest absolute Gasteiger partial charge is 0.508 e.